The molecule has 0 bridgehead atoms. The molecule has 0 saturated carbocycles. The van der Waals surface area contributed by atoms with E-state index in [1.807, 2.05) is 16.9 Å². The highest BCUT2D eigenvalue weighted by atomic mass is 16.3. The van der Waals surface area contributed by atoms with Gasteiger partial charge in [-0.1, -0.05) is 13.8 Å². The van der Waals surface area contributed by atoms with Crippen LogP contribution in [0.3, 0.4) is 0 Å². The summed E-state index contributed by atoms with van der Waals surface area (Å²) in [5, 5.41) is 14.6. The molecule has 2 aromatic heterocycles. The van der Waals surface area contributed by atoms with E-state index in [2.05, 4.69) is 28.9 Å². The molecule has 0 aliphatic carbocycles. The molecule has 0 aliphatic heterocycles. The zero-order chi connectivity index (χ0) is 13.7. The van der Waals surface area contributed by atoms with Gasteiger partial charge in [0.2, 0.25) is 0 Å². The van der Waals surface area contributed by atoms with Crippen LogP contribution >= 0.6 is 0 Å². The molecule has 0 amide bonds. The Morgan fingerprint density at radius 3 is 2.68 bits per heavy atom. The second-order valence-corrected chi connectivity index (χ2v) is 4.61. The van der Waals surface area contributed by atoms with E-state index in [1.54, 1.807) is 18.6 Å². The summed E-state index contributed by atoms with van der Waals surface area (Å²) >= 11 is 0. The molecule has 0 radical (unpaired) electrons. The molecule has 5 nitrogen and oxygen atoms in total. The largest absolute Gasteiger partial charge is 0.386 e. The lowest BCUT2D eigenvalue weighted by atomic mass is 10.1. The van der Waals surface area contributed by atoms with Gasteiger partial charge in [0.1, 0.15) is 6.10 Å². The van der Waals surface area contributed by atoms with Gasteiger partial charge in [0, 0.05) is 25.0 Å². The molecule has 0 aliphatic rings. The van der Waals surface area contributed by atoms with Crippen LogP contribution in [0.25, 0.3) is 0 Å². The Balaban J connectivity index is 2.04. The minimum absolute atomic E-state index is 0.433. The summed E-state index contributed by atoms with van der Waals surface area (Å²) in [6.45, 7) is 4.31. The lowest BCUT2D eigenvalue weighted by Crippen LogP contribution is -2.09. The zero-order valence-electron chi connectivity index (χ0n) is 11.4. The van der Waals surface area contributed by atoms with E-state index < -0.39 is 6.10 Å². The zero-order valence-corrected chi connectivity index (χ0v) is 11.4. The van der Waals surface area contributed by atoms with Crippen LogP contribution in [0.15, 0.2) is 30.9 Å². The third-order valence-corrected chi connectivity index (χ3v) is 3.31. The SMILES string of the molecule is CCC(CC)n1ccc(CC(O)c2cnccn2)n1. The second-order valence-electron chi connectivity index (χ2n) is 4.61. The first-order valence-corrected chi connectivity index (χ1v) is 6.72. The number of hydrogen-bond acceptors (Lipinski definition) is 4. The Kier molecular flexibility index (Phi) is 4.63. The van der Waals surface area contributed by atoms with Gasteiger partial charge in [-0.05, 0) is 18.9 Å². The van der Waals surface area contributed by atoms with E-state index >= 15 is 0 Å². The molecule has 2 heterocycles. The minimum atomic E-state index is -0.654. The Morgan fingerprint density at radius 1 is 1.26 bits per heavy atom. The molecular formula is C14H20N4O. The van der Waals surface area contributed by atoms with Crippen molar-refractivity contribution in [1.82, 2.24) is 19.7 Å². The number of aliphatic hydroxyl groups excluding tert-OH is 1. The van der Waals surface area contributed by atoms with Crippen molar-refractivity contribution in [3.63, 3.8) is 0 Å². The van der Waals surface area contributed by atoms with E-state index in [0.29, 0.717) is 18.2 Å². The summed E-state index contributed by atoms with van der Waals surface area (Å²) in [6.07, 6.45) is 8.68. The molecule has 0 spiro atoms. The van der Waals surface area contributed by atoms with Gasteiger partial charge >= 0.3 is 0 Å². The molecule has 2 aromatic rings. The Morgan fingerprint density at radius 2 is 2.05 bits per heavy atom. The van der Waals surface area contributed by atoms with Crippen molar-refractivity contribution >= 4 is 0 Å². The van der Waals surface area contributed by atoms with Gasteiger partial charge in [-0.3, -0.25) is 14.6 Å². The van der Waals surface area contributed by atoms with Crippen LogP contribution in [0.5, 0.6) is 0 Å². The maximum Gasteiger partial charge on any atom is 0.103 e. The molecule has 102 valence electrons. The molecule has 19 heavy (non-hydrogen) atoms. The number of aliphatic hydroxyl groups is 1. The normalized spacial score (nSPS) is 12.8. The van der Waals surface area contributed by atoms with Crippen molar-refractivity contribution < 1.29 is 5.11 Å². The van der Waals surface area contributed by atoms with Crippen LogP contribution in [0.2, 0.25) is 0 Å². The molecular weight excluding hydrogens is 240 g/mol. The van der Waals surface area contributed by atoms with Crippen molar-refractivity contribution in [3.8, 4) is 0 Å². The highest BCUT2D eigenvalue weighted by Crippen LogP contribution is 2.18. The Labute approximate surface area is 113 Å². The van der Waals surface area contributed by atoms with Gasteiger partial charge < -0.3 is 5.11 Å². The van der Waals surface area contributed by atoms with Crippen LogP contribution in [0.4, 0.5) is 0 Å². The van der Waals surface area contributed by atoms with Gasteiger partial charge in [-0.2, -0.15) is 5.10 Å². The van der Waals surface area contributed by atoms with Gasteiger partial charge in [-0.15, -0.1) is 0 Å². The summed E-state index contributed by atoms with van der Waals surface area (Å²) in [4.78, 5) is 8.06. The van der Waals surface area contributed by atoms with Crippen LogP contribution < -0.4 is 0 Å². The molecule has 1 unspecified atom stereocenters. The summed E-state index contributed by atoms with van der Waals surface area (Å²) in [5.74, 6) is 0. The predicted molar refractivity (Wildman–Crippen MR) is 72.5 cm³/mol. The standard InChI is InChI=1S/C14H20N4O/c1-3-12(4-2)18-8-5-11(17-18)9-14(19)13-10-15-6-7-16-13/h5-8,10,12,14,19H,3-4,9H2,1-2H3. The van der Waals surface area contributed by atoms with Gasteiger partial charge in [0.25, 0.3) is 0 Å². The number of aromatic nitrogens is 4. The van der Waals surface area contributed by atoms with Crippen molar-refractivity contribution in [2.24, 2.45) is 0 Å². The fourth-order valence-electron chi connectivity index (χ4n) is 2.14. The van der Waals surface area contributed by atoms with Gasteiger partial charge in [0.05, 0.1) is 23.6 Å². The van der Waals surface area contributed by atoms with Crippen molar-refractivity contribution in [2.45, 2.75) is 45.3 Å². The van der Waals surface area contributed by atoms with Crippen molar-refractivity contribution in [2.75, 3.05) is 0 Å². The number of rotatable bonds is 6. The monoisotopic (exact) mass is 260 g/mol. The van der Waals surface area contributed by atoms with Crippen molar-refractivity contribution in [3.05, 3.63) is 42.2 Å². The van der Waals surface area contributed by atoms with Gasteiger partial charge in [-0.25, -0.2) is 0 Å². The fraction of sp³-hybridized carbons (Fsp3) is 0.500. The number of hydrogen-bond donors (Lipinski definition) is 1. The smallest absolute Gasteiger partial charge is 0.103 e. The number of nitrogens with zero attached hydrogens (tertiary/aromatic N) is 4. The van der Waals surface area contributed by atoms with E-state index in [9.17, 15) is 5.11 Å². The fourth-order valence-corrected chi connectivity index (χ4v) is 2.14. The van der Waals surface area contributed by atoms with Crippen LogP contribution in [0, 0.1) is 0 Å². The lowest BCUT2D eigenvalue weighted by molar-refractivity contribution is 0.171. The average Bonchev–Trinajstić information content (AvgIpc) is 2.89. The molecule has 0 fully saturated rings. The summed E-state index contributed by atoms with van der Waals surface area (Å²) in [7, 11) is 0. The summed E-state index contributed by atoms with van der Waals surface area (Å²) in [6, 6.07) is 2.39. The van der Waals surface area contributed by atoms with Crippen molar-refractivity contribution in [1.29, 1.82) is 0 Å². The Bertz CT molecular complexity index is 493. The molecule has 5 heteroatoms. The molecule has 1 N–H and O–H groups in total. The van der Waals surface area contributed by atoms with E-state index in [-0.39, 0.29) is 0 Å². The first-order chi connectivity index (χ1) is 9.24. The first-order valence-electron chi connectivity index (χ1n) is 6.72. The van der Waals surface area contributed by atoms with Gasteiger partial charge in [0.15, 0.2) is 0 Å². The molecule has 1 atom stereocenters. The maximum atomic E-state index is 10.1. The molecule has 0 aromatic carbocycles. The maximum absolute atomic E-state index is 10.1. The molecule has 0 saturated heterocycles. The summed E-state index contributed by atoms with van der Waals surface area (Å²) < 4.78 is 1.98. The third-order valence-electron chi connectivity index (χ3n) is 3.31. The minimum Gasteiger partial charge on any atom is -0.386 e. The highest BCUT2D eigenvalue weighted by molar-refractivity contribution is 5.07. The van der Waals surface area contributed by atoms with Crippen LogP contribution in [0.1, 0.15) is 50.2 Å². The van der Waals surface area contributed by atoms with E-state index in [0.717, 1.165) is 18.5 Å². The topological polar surface area (TPSA) is 63.8 Å². The third kappa shape index (κ3) is 3.38. The highest BCUT2D eigenvalue weighted by Gasteiger charge is 2.13. The van der Waals surface area contributed by atoms with E-state index in [4.69, 9.17) is 0 Å². The lowest BCUT2D eigenvalue weighted by Gasteiger charge is -2.12. The molecule has 2 rings (SSSR count). The first kappa shape index (κ1) is 13.7. The summed E-state index contributed by atoms with van der Waals surface area (Å²) in [5.41, 5.74) is 1.46. The second kappa shape index (κ2) is 6.43. The van der Waals surface area contributed by atoms with E-state index in [1.165, 1.54) is 0 Å². The Hall–Kier alpha value is -1.75. The van der Waals surface area contributed by atoms with Crippen LogP contribution in [-0.2, 0) is 6.42 Å². The van der Waals surface area contributed by atoms with Crippen LogP contribution in [-0.4, -0.2) is 24.9 Å². The quantitative estimate of drug-likeness (QED) is 0.865. The predicted octanol–water partition coefficient (Wildman–Crippen LogP) is 2.31. The average molecular weight is 260 g/mol.